The monoisotopic (exact) mass is 466 g/mol. The van der Waals surface area contributed by atoms with Gasteiger partial charge in [-0.15, -0.1) is 10.2 Å². The van der Waals surface area contributed by atoms with Crippen LogP contribution in [0.2, 0.25) is 0 Å². The molecule has 0 unspecified atom stereocenters. The van der Waals surface area contributed by atoms with Gasteiger partial charge in [0.25, 0.3) is 0 Å². The summed E-state index contributed by atoms with van der Waals surface area (Å²) in [4.78, 5) is 12.0. The number of nitrogens with zero attached hydrogens (tertiary/aromatic N) is 3. The number of amides is 1. The highest BCUT2D eigenvalue weighted by atomic mass is 32.2. The first-order chi connectivity index (χ1) is 16.1. The Labute approximate surface area is 201 Å². The number of hydrogen-bond donors (Lipinski definition) is 1. The summed E-state index contributed by atoms with van der Waals surface area (Å²) < 4.78 is 7.16. The summed E-state index contributed by atoms with van der Waals surface area (Å²) in [6.45, 7) is 5.59. The molecule has 6 nitrogen and oxygen atoms in total. The van der Waals surface area contributed by atoms with Gasteiger partial charge in [0.15, 0.2) is 5.16 Å². The van der Waals surface area contributed by atoms with Gasteiger partial charge < -0.3 is 10.1 Å². The van der Waals surface area contributed by atoms with Crippen LogP contribution in [0.1, 0.15) is 48.2 Å². The van der Waals surface area contributed by atoms with E-state index >= 15 is 0 Å². The molecule has 0 bridgehead atoms. The van der Waals surface area contributed by atoms with Crippen molar-refractivity contribution in [2.24, 2.45) is 0 Å². The second-order valence-corrected chi connectivity index (χ2v) is 9.20. The van der Waals surface area contributed by atoms with Crippen molar-refractivity contribution in [1.82, 2.24) is 20.1 Å². The fourth-order valence-corrected chi connectivity index (χ4v) is 4.69. The lowest BCUT2D eigenvalue weighted by Gasteiger charge is -2.11. The maximum atomic E-state index is 12.0. The van der Waals surface area contributed by atoms with E-state index in [9.17, 15) is 4.79 Å². The number of methoxy groups -OCH3 is 1. The van der Waals surface area contributed by atoms with Crippen molar-refractivity contribution in [2.75, 3.05) is 20.3 Å². The van der Waals surface area contributed by atoms with Crippen molar-refractivity contribution >= 4 is 17.7 Å². The van der Waals surface area contributed by atoms with E-state index in [-0.39, 0.29) is 5.91 Å². The Bertz CT molecular complexity index is 1000. The molecule has 0 spiro atoms. The van der Waals surface area contributed by atoms with E-state index in [2.05, 4.69) is 64.3 Å². The van der Waals surface area contributed by atoms with E-state index in [4.69, 9.17) is 4.74 Å². The van der Waals surface area contributed by atoms with Gasteiger partial charge in [-0.1, -0.05) is 59.3 Å². The van der Waals surface area contributed by atoms with Crippen molar-refractivity contribution in [3.05, 3.63) is 71.0 Å². The molecule has 1 amide bonds. The largest absolute Gasteiger partial charge is 0.385 e. The highest BCUT2D eigenvalue weighted by molar-refractivity contribution is 7.98. The Morgan fingerprint density at radius 3 is 2.52 bits per heavy atom. The molecule has 0 radical (unpaired) electrons. The molecular weight excluding hydrogens is 432 g/mol. The van der Waals surface area contributed by atoms with Crippen LogP contribution < -0.4 is 5.32 Å². The number of nitrogens with one attached hydrogen (secondary N) is 1. The number of unbranched alkanes of at least 4 members (excludes halogenated alkanes) is 1. The van der Waals surface area contributed by atoms with E-state index in [0.29, 0.717) is 19.6 Å². The third kappa shape index (κ3) is 8.02. The molecule has 2 aromatic carbocycles. The first-order valence-corrected chi connectivity index (χ1v) is 12.5. The second-order valence-electron chi connectivity index (χ2n) is 8.26. The first kappa shape index (κ1) is 25.0. The number of ether oxygens (including phenoxy) is 1. The van der Waals surface area contributed by atoms with Crippen LogP contribution in [0.5, 0.6) is 0 Å². The van der Waals surface area contributed by atoms with E-state index in [0.717, 1.165) is 48.1 Å². The maximum Gasteiger partial charge on any atom is 0.219 e. The Morgan fingerprint density at radius 1 is 1.03 bits per heavy atom. The number of carbonyl (C=O) groups is 1. The molecule has 0 aliphatic carbocycles. The van der Waals surface area contributed by atoms with Crippen molar-refractivity contribution in [2.45, 2.75) is 56.9 Å². The van der Waals surface area contributed by atoms with E-state index in [1.54, 1.807) is 18.9 Å². The van der Waals surface area contributed by atoms with Gasteiger partial charge >= 0.3 is 0 Å². The van der Waals surface area contributed by atoms with Gasteiger partial charge in [0.05, 0.1) is 0 Å². The summed E-state index contributed by atoms with van der Waals surface area (Å²) in [5.74, 6) is 1.88. The average molecular weight is 467 g/mol. The summed E-state index contributed by atoms with van der Waals surface area (Å²) >= 11 is 1.71. The summed E-state index contributed by atoms with van der Waals surface area (Å²) in [7, 11) is 1.67. The van der Waals surface area contributed by atoms with Crippen LogP contribution >= 0.6 is 11.8 Å². The number of thioether (sulfide) groups is 1. The van der Waals surface area contributed by atoms with Crippen molar-refractivity contribution in [3.63, 3.8) is 0 Å². The van der Waals surface area contributed by atoms with Crippen molar-refractivity contribution < 1.29 is 9.53 Å². The van der Waals surface area contributed by atoms with Gasteiger partial charge in [0, 0.05) is 44.5 Å². The predicted octanol–water partition coefficient (Wildman–Crippen LogP) is 5.04. The van der Waals surface area contributed by atoms with Gasteiger partial charge in [-0.2, -0.15) is 0 Å². The predicted molar refractivity (Wildman–Crippen MR) is 134 cm³/mol. The fourth-order valence-electron chi connectivity index (χ4n) is 3.79. The summed E-state index contributed by atoms with van der Waals surface area (Å²) in [5, 5.41) is 12.9. The Balaban J connectivity index is 1.61. The Kier molecular flexibility index (Phi) is 9.97. The third-order valence-electron chi connectivity index (χ3n) is 5.27. The molecule has 3 aromatic rings. The molecular formula is C26H34N4O2S. The standard InChI is InChI=1S/C26H34N4O2S/c1-20-16-21(2)18-22(17-20)19-33-26-29-28-24(30(26)23-10-5-4-6-11-23)12-7-8-13-25(31)27-14-9-15-32-3/h4-6,10-11,16-18H,7-9,12-15,19H2,1-3H3,(H,27,31). The van der Waals surface area contributed by atoms with Crippen LogP contribution in [0, 0.1) is 13.8 Å². The number of aromatic nitrogens is 3. The average Bonchev–Trinajstić information content (AvgIpc) is 3.21. The number of para-hydroxylation sites is 1. The molecule has 0 saturated carbocycles. The van der Waals surface area contributed by atoms with Crippen LogP contribution in [0.4, 0.5) is 0 Å². The van der Waals surface area contributed by atoms with Crippen LogP contribution in [-0.4, -0.2) is 40.9 Å². The molecule has 0 aliphatic heterocycles. The van der Waals surface area contributed by atoms with Gasteiger partial charge in [-0.3, -0.25) is 9.36 Å². The lowest BCUT2D eigenvalue weighted by Crippen LogP contribution is -2.24. The summed E-state index contributed by atoms with van der Waals surface area (Å²) in [6.07, 6.45) is 3.86. The van der Waals surface area contributed by atoms with Gasteiger partial charge in [-0.25, -0.2) is 0 Å². The maximum absolute atomic E-state index is 12.0. The van der Waals surface area contributed by atoms with Gasteiger partial charge in [0.2, 0.25) is 5.91 Å². The fraction of sp³-hybridized carbons (Fsp3) is 0.423. The van der Waals surface area contributed by atoms with E-state index in [1.165, 1.54) is 16.7 Å². The van der Waals surface area contributed by atoms with Crippen LogP contribution in [-0.2, 0) is 21.7 Å². The number of benzene rings is 2. The molecule has 1 aromatic heterocycles. The molecule has 0 atom stereocenters. The number of rotatable bonds is 13. The molecule has 3 rings (SSSR count). The zero-order valence-electron chi connectivity index (χ0n) is 19.8. The highest BCUT2D eigenvalue weighted by Crippen LogP contribution is 2.26. The van der Waals surface area contributed by atoms with Crippen molar-refractivity contribution in [3.8, 4) is 5.69 Å². The molecule has 1 N–H and O–H groups in total. The zero-order valence-corrected chi connectivity index (χ0v) is 20.7. The number of hydrogen-bond acceptors (Lipinski definition) is 5. The molecule has 7 heteroatoms. The number of carbonyl (C=O) groups excluding carboxylic acids is 1. The minimum absolute atomic E-state index is 0.0975. The molecule has 0 saturated heterocycles. The van der Waals surface area contributed by atoms with Crippen LogP contribution in [0.3, 0.4) is 0 Å². The quantitative estimate of drug-likeness (QED) is 0.282. The minimum atomic E-state index is 0.0975. The van der Waals surface area contributed by atoms with Gasteiger partial charge in [0.1, 0.15) is 5.82 Å². The highest BCUT2D eigenvalue weighted by Gasteiger charge is 2.15. The third-order valence-corrected chi connectivity index (χ3v) is 6.27. The Morgan fingerprint density at radius 2 is 1.79 bits per heavy atom. The summed E-state index contributed by atoms with van der Waals surface area (Å²) in [6, 6.07) is 16.9. The van der Waals surface area contributed by atoms with Gasteiger partial charge in [-0.05, 0) is 50.8 Å². The lowest BCUT2D eigenvalue weighted by molar-refractivity contribution is -0.121. The SMILES string of the molecule is COCCCNC(=O)CCCCc1nnc(SCc2cc(C)cc(C)c2)n1-c1ccccc1. The van der Waals surface area contributed by atoms with E-state index < -0.39 is 0 Å². The van der Waals surface area contributed by atoms with Crippen LogP contribution in [0.15, 0.2) is 53.7 Å². The van der Waals surface area contributed by atoms with E-state index in [1.807, 2.05) is 18.2 Å². The molecule has 1 heterocycles. The topological polar surface area (TPSA) is 69.0 Å². The summed E-state index contributed by atoms with van der Waals surface area (Å²) in [5.41, 5.74) is 4.91. The zero-order chi connectivity index (χ0) is 23.5. The lowest BCUT2D eigenvalue weighted by atomic mass is 10.1. The second kappa shape index (κ2) is 13.2. The van der Waals surface area contributed by atoms with Crippen LogP contribution in [0.25, 0.3) is 5.69 Å². The molecule has 0 aliphatic rings. The molecule has 0 fully saturated rings. The van der Waals surface area contributed by atoms with Crippen molar-refractivity contribution in [1.29, 1.82) is 0 Å². The number of aryl methyl sites for hydroxylation is 3. The smallest absolute Gasteiger partial charge is 0.219 e. The molecule has 33 heavy (non-hydrogen) atoms. The first-order valence-electron chi connectivity index (χ1n) is 11.5. The molecule has 176 valence electrons. The normalized spacial score (nSPS) is 11.0. The Hall–Kier alpha value is -2.64. The minimum Gasteiger partial charge on any atom is -0.385 e.